The molecule has 0 aliphatic rings. The molecule has 1 N–H and O–H groups in total. The number of nitrogens with one attached hydrogen (secondary N) is 1. The first kappa shape index (κ1) is 22.3. The molecule has 35 heavy (non-hydrogen) atoms. The summed E-state index contributed by atoms with van der Waals surface area (Å²) < 4.78 is 18.4. The van der Waals surface area contributed by atoms with Crippen LogP contribution in [0.1, 0.15) is 16.8 Å². The Labute approximate surface area is 200 Å². The summed E-state index contributed by atoms with van der Waals surface area (Å²) in [6.07, 6.45) is 3.56. The van der Waals surface area contributed by atoms with Crippen molar-refractivity contribution in [2.24, 2.45) is 0 Å². The zero-order valence-electron chi connectivity index (χ0n) is 19.3. The Bertz CT molecular complexity index is 1600. The molecule has 0 radical (unpaired) electrons. The molecule has 0 bridgehead atoms. The molecule has 8 nitrogen and oxygen atoms in total. The van der Waals surface area contributed by atoms with Crippen molar-refractivity contribution in [1.82, 2.24) is 29.4 Å². The van der Waals surface area contributed by atoms with Gasteiger partial charge in [0.15, 0.2) is 5.82 Å². The first-order chi connectivity index (χ1) is 16.9. The van der Waals surface area contributed by atoms with Crippen molar-refractivity contribution in [2.45, 2.75) is 26.9 Å². The molecule has 5 rings (SSSR count). The highest BCUT2D eigenvalue weighted by molar-refractivity contribution is 5.88. The Morgan fingerprint density at radius 1 is 1.00 bits per heavy atom. The van der Waals surface area contributed by atoms with Crippen molar-refractivity contribution in [2.75, 3.05) is 0 Å². The van der Waals surface area contributed by atoms with Gasteiger partial charge in [-0.2, -0.15) is 10.2 Å². The third-order valence-electron chi connectivity index (χ3n) is 5.69. The number of aromatic nitrogens is 5. The largest absolute Gasteiger partial charge is 0.350 e. The van der Waals surface area contributed by atoms with Gasteiger partial charge >= 0.3 is 0 Å². The van der Waals surface area contributed by atoms with E-state index in [4.69, 9.17) is 0 Å². The van der Waals surface area contributed by atoms with Crippen LogP contribution >= 0.6 is 0 Å². The molecular weight excluding hydrogens is 447 g/mol. The SMILES string of the molecule is Cc1cccc(CNC(=O)Cn2nc(C)c3nn(-c4cccc(F)c4)c(-n4cccc4)c3c2=O)c1. The maximum absolute atomic E-state index is 14.0. The molecule has 0 atom stereocenters. The molecule has 176 valence electrons. The van der Waals surface area contributed by atoms with Gasteiger partial charge in [0.1, 0.15) is 23.3 Å². The maximum atomic E-state index is 14.0. The average molecular weight is 471 g/mol. The Balaban J connectivity index is 1.56. The van der Waals surface area contributed by atoms with E-state index in [1.54, 1.807) is 36.0 Å². The van der Waals surface area contributed by atoms with E-state index in [2.05, 4.69) is 15.5 Å². The Kier molecular flexibility index (Phi) is 5.74. The third kappa shape index (κ3) is 4.35. The number of aryl methyl sites for hydroxylation is 2. The molecule has 3 heterocycles. The van der Waals surface area contributed by atoms with Gasteiger partial charge in [0.2, 0.25) is 5.91 Å². The number of amides is 1. The van der Waals surface area contributed by atoms with Crippen molar-refractivity contribution in [1.29, 1.82) is 0 Å². The third-order valence-corrected chi connectivity index (χ3v) is 5.69. The summed E-state index contributed by atoms with van der Waals surface area (Å²) in [5.41, 5.74) is 2.95. The van der Waals surface area contributed by atoms with Gasteiger partial charge in [-0.05, 0) is 49.7 Å². The summed E-state index contributed by atoms with van der Waals surface area (Å²) in [5, 5.41) is 12.1. The van der Waals surface area contributed by atoms with Gasteiger partial charge in [0, 0.05) is 18.9 Å². The molecule has 0 spiro atoms. The molecule has 0 saturated carbocycles. The number of hydrogen-bond donors (Lipinski definition) is 1. The topological polar surface area (TPSA) is 86.7 Å². The standard InChI is InChI=1S/C26H23FN6O2/c1-17-7-5-8-19(13-17)15-28-22(34)16-32-26(35)23-24(18(2)29-32)30-33(21-10-6-9-20(27)14-21)25(23)31-11-3-4-12-31/h3-14H,15-16H2,1-2H3,(H,28,34). The lowest BCUT2D eigenvalue weighted by atomic mass is 10.1. The number of hydrogen-bond acceptors (Lipinski definition) is 4. The van der Waals surface area contributed by atoms with Crippen LogP contribution in [0.15, 0.2) is 77.9 Å². The van der Waals surface area contributed by atoms with Crippen LogP contribution in [-0.2, 0) is 17.9 Å². The van der Waals surface area contributed by atoms with Gasteiger partial charge in [-0.15, -0.1) is 0 Å². The summed E-state index contributed by atoms with van der Waals surface area (Å²) in [6, 6.07) is 17.5. The number of fused-ring (bicyclic) bond motifs is 1. The van der Waals surface area contributed by atoms with E-state index in [-0.39, 0.29) is 12.5 Å². The fraction of sp³-hybridized carbons (Fsp3) is 0.154. The minimum Gasteiger partial charge on any atom is -0.350 e. The van der Waals surface area contributed by atoms with Crippen LogP contribution < -0.4 is 10.9 Å². The van der Waals surface area contributed by atoms with Crippen LogP contribution in [0.3, 0.4) is 0 Å². The van der Waals surface area contributed by atoms with Crippen LogP contribution in [0.25, 0.3) is 22.4 Å². The van der Waals surface area contributed by atoms with E-state index >= 15 is 0 Å². The quantitative estimate of drug-likeness (QED) is 0.412. The van der Waals surface area contributed by atoms with Crippen molar-refractivity contribution < 1.29 is 9.18 Å². The van der Waals surface area contributed by atoms with Crippen LogP contribution in [0.4, 0.5) is 4.39 Å². The lowest BCUT2D eigenvalue weighted by Gasteiger charge is -2.10. The summed E-state index contributed by atoms with van der Waals surface area (Å²) in [4.78, 5) is 26.2. The zero-order chi connectivity index (χ0) is 24.5. The number of carbonyl (C=O) groups excluding carboxylic acids is 1. The fourth-order valence-corrected chi connectivity index (χ4v) is 4.09. The highest BCUT2D eigenvalue weighted by Crippen LogP contribution is 2.24. The van der Waals surface area contributed by atoms with Crippen LogP contribution in [-0.4, -0.2) is 30.0 Å². The molecule has 3 aromatic heterocycles. The Morgan fingerprint density at radius 3 is 2.51 bits per heavy atom. The number of carbonyl (C=O) groups is 1. The number of benzene rings is 2. The van der Waals surface area contributed by atoms with E-state index in [9.17, 15) is 14.0 Å². The second-order valence-corrected chi connectivity index (χ2v) is 8.34. The minimum absolute atomic E-state index is 0.238. The summed E-state index contributed by atoms with van der Waals surface area (Å²) in [5.74, 6) is -0.307. The van der Waals surface area contributed by atoms with Crippen LogP contribution in [0.2, 0.25) is 0 Å². The molecular formula is C26H23FN6O2. The van der Waals surface area contributed by atoms with Crippen LogP contribution in [0.5, 0.6) is 0 Å². The molecule has 1 amide bonds. The maximum Gasteiger partial charge on any atom is 0.280 e. The summed E-state index contributed by atoms with van der Waals surface area (Å²) >= 11 is 0. The second-order valence-electron chi connectivity index (χ2n) is 8.34. The second kappa shape index (κ2) is 9.02. The zero-order valence-corrected chi connectivity index (χ0v) is 19.3. The number of halogens is 1. The molecule has 9 heteroatoms. The molecule has 0 fully saturated rings. The summed E-state index contributed by atoms with van der Waals surface area (Å²) in [6.45, 7) is 3.82. The molecule has 0 aliphatic carbocycles. The van der Waals surface area contributed by atoms with Gasteiger partial charge < -0.3 is 9.88 Å². The first-order valence-electron chi connectivity index (χ1n) is 11.1. The van der Waals surface area contributed by atoms with Crippen molar-refractivity contribution in [3.05, 3.63) is 106 Å². The molecule has 5 aromatic rings. The van der Waals surface area contributed by atoms with Crippen molar-refractivity contribution in [3.63, 3.8) is 0 Å². The predicted octanol–water partition coefficient (Wildman–Crippen LogP) is 3.45. The van der Waals surface area contributed by atoms with Gasteiger partial charge in [-0.1, -0.05) is 35.9 Å². The molecule has 0 aliphatic heterocycles. The van der Waals surface area contributed by atoms with Crippen molar-refractivity contribution >= 4 is 16.8 Å². The highest BCUT2D eigenvalue weighted by atomic mass is 19.1. The van der Waals surface area contributed by atoms with Gasteiger partial charge in [0.25, 0.3) is 5.56 Å². The molecule has 2 aromatic carbocycles. The van der Waals surface area contributed by atoms with E-state index in [1.165, 1.54) is 16.8 Å². The van der Waals surface area contributed by atoms with Gasteiger partial charge in [-0.3, -0.25) is 9.59 Å². The lowest BCUT2D eigenvalue weighted by molar-refractivity contribution is -0.122. The Hall–Kier alpha value is -4.53. The van der Waals surface area contributed by atoms with E-state index < -0.39 is 11.4 Å². The van der Waals surface area contributed by atoms with E-state index in [1.807, 2.05) is 43.3 Å². The van der Waals surface area contributed by atoms with Crippen molar-refractivity contribution in [3.8, 4) is 11.5 Å². The smallest absolute Gasteiger partial charge is 0.280 e. The van der Waals surface area contributed by atoms with E-state index in [0.717, 1.165) is 15.8 Å². The molecule has 0 unspecified atom stereocenters. The lowest BCUT2D eigenvalue weighted by Crippen LogP contribution is -2.34. The van der Waals surface area contributed by atoms with Crippen LogP contribution in [0, 0.1) is 19.7 Å². The van der Waals surface area contributed by atoms with Gasteiger partial charge in [0.05, 0.1) is 11.4 Å². The normalized spacial score (nSPS) is 11.2. The molecule has 0 saturated heterocycles. The first-order valence-corrected chi connectivity index (χ1v) is 11.1. The number of nitrogens with zero attached hydrogens (tertiary/aromatic N) is 5. The highest BCUT2D eigenvalue weighted by Gasteiger charge is 2.22. The monoisotopic (exact) mass is 470 g/mol. The van der Waals surface area contributed by atoms with E-state index in [0.29, 0.717) is 34.6 Å². The Morgan fingerprint density at radius 2 is 1.77 bits per heavy atom. The average Bonchev–Trinajstić information content (AvgIpc) is 3.49. The minimum atomic E-state index is -0.456. The number of rotatable bonds is 6. The summed E-state index contributed by atoms with van der Waals surface area (Å²) in [7, 11) is 0. The fourth-order valence-electron chi connectivity index (χ4n) is 4.09. The van der Waals surface area contributed by atoms with Gasteiger partial charge in [-0.25, -0.2) is 13.8 Å². The predicted molar refractivity (Wildman–Crippen MR) is 130 cm³/mol.